The van der Waals surface area contributed by atoms with E-state index in [4.69, 9.17) is 24.4 Å². The van der Waals surface area contributed by atoms with Crippen molar-refractivity contribution in [3.63, 3.8) is 0 Å². The third-order valence-electron chi connectivity index (χ3n) is 2.82. The molecule has 0 aliphatic carbocycles. The van der Waals surface area contributed by atoms with Gasteiger partial charge in [0.1, 0.15) is 17.4 Å². The Morgan fingerprint density at radius 2 is 1.90 bits per heavy atom. The van der Waals surface area contributed by atoms with E-state index in [1.165, 1.54) is 16.5 Å². The molecule has 0 aliphatic heterocycles. The number of aromatic nitrogens is 4. The molecule has 0 fully saturated rings. The highest BCUT2D eigenvalue weighted by molar-refractivity contribution is 7.71. The summed E-state index contributed by atoms with van der Waals surface area (Å²) in [7, 11) is 0. The Morgan fingerprint density at radius 3 is 2.55 bits per heavy atom. The second kappa shape index (κ2) is 4.63. The zero-order valence-corrected chi connectivity index (χ0v) is 11.5. The van der Waals surface area contributed by atoms with Gasteiger partial charge in [0.2, 0.25) is 4.77 Å². The van der Waals surface area contributed by atoms with Crippen LogP contribution in [0.3, 0.4) is 0 Å². The van der Waals surface area contributed by atoms with Gasteiger partial charge in [-0.05, 0) is 48.7 Å². The van der Waals surface area contributed by atoms with Gasteiger partial charge in [-0.2, -0.15) is 5.26 Å². The van der Waals surface area contributed by atoms with E-state index in [0.29, 0.717) is 21.7 Å². The number of hydrogen-bond donors (Lipinski definition) is 2. The summed E-state index contributed by atoms with van der Waals surface area (Å²) in [4.78, 5) is 4.23. The number of nitrogens with zero attached hydrogens (tertiary/aromatic N) is 3. The minimum absolute atomic E-state index is 0.223. The van der Waals surface area contributed by atoms with Gasteiger partial charge in [-0.15, -0.1) is 0 Å². The summed E-state index contributed by atoms with van der Waals surface area (Å²) in [6, 6.07) is 7.77. The van der Waals surface area contributed by atoms with Crippen molar-refractivity contribution in [1.82, 2.24) is 19.6 Å². The zero-order chi connectivity index (χ0) is 14.3. The first kappa shape index (κ1) is 12.7. The number of aromatic amines is 2. The fourth-order valence-electron chi connectivity index (χ4n) is 1.92. The highest BCUT2D eigenvalue weighted by Crippen LogP contribution is 2.24. The van der Waals surface area contributed by atoms with Crippen LogP contribution in [0.2, 0.25) is 0 Å². The maximum atomic E-state index is 13.0. The third kappa shape index (κ3) is 1.84. The molecule has 0 radical (unpaired) electrons. The Labute approximate surface area is 122 Å². The Morgan fingerprint density at radius 1 is 1.20 bits per heavy atom. The third-order valence-corrected chi connectivity index (χ3v) is 3.37. The normalized spacial score (nSPS) is 10.6. The zero-order valence-electron chi connectivity index (χ0n) is 9.85. The monoisotopic (exact) mass is 303 g/mol. The predicted molar refractivity (Wildman–Crippen MR) is 75.7 cm³/mol. The Kier molecular flexibility index (Phi) is 2.93. The second-order valence-electron chi connectivity index (χ2n) is 3.98. The minimum Gasteiger partial charge on any atom is -0.282 e. The van der Waals surface area contributed by atoms with Crippen LogP contribution in [0.25, 0.3) is 16.9 Å². The molecule has 0 bridgehead atoms. The maximum Gasteiger partial charge on any atom is 0.208 e. The van der Waals surface area contributed by atoms with E-state index in [9.17, 15) is 9.65 Å². The van der Waals surface area contributed by atoms with Gasteiger partial charge in [0, 0.05) is 5.56 Å². The molecule has 0 amide bonds. The first-order chi connectivity index (χ1) is 9.61. The topological polar surface area (TPSA) is 72.7 Å². The number of nitrogens with one attached hydrogen (secondary N) is 2. The first-order valence-electron chi connectivity index (χ1n) is 5.51. The molecule has 20 heavy (non-hydrogen) atoms. The van der Waals surface area contributed by atoms with Gasteiger partial charge in [0.25, 0.3) is 0 Å². The predicted octanol–water partition coefficient (Wildman–Crippen LogP) is 3.13. The maximum absolute atomic E-state index is 13.0. The molecule has 2 N–H and O–H groups in total. The molecule has 5 nitrogen and oxygen atoms in total. The Balaban J connectivity index is 2.43. The molecular formula is C12H6FN5S2. The molecule has 3 aromatic rings. The second-order valence-corrected chi connectivity index (χ2v) is 4.73. The van der Waals surface area contributed by atoms with E-state index in [-0.39, 0.29) is 16.2 Å². The summed E-state index contributed by atoms with van der Waals surface area (Å²) < 4.78 is 15.0. The lowest BCUT2D eigenvalue weighted by atomic mass is 10.1. The van der Waals surface area contributed by atoms with Crippen LogP contribution in [0.15, 0.2) is 24.3 Å². The van der Waals surface area contributed by atoms with Crippen LogP contribution in [0.1, 0.15) is 5.56 Å². The Bertz CT molecular complexity index is 959. The average molecular weight is 303 g/mol. The SMILES string of the molecule is N#Cc1c(-c2ccc(F)cc2)nc(=S)n2c(=S)[nH][nH]c12. The van der Waals surface area contributed by atoms with Gasteiger partial charge >= 0.3 is 0 Å². The van der Waals surface area contributed by atoms with Crippen LogP contribution in [0.4, 0.5) is 4.39 Å². The molecule has 0 saturated heterocycles. The number of hydrogen-bond acceptors (Lipinski definition) is 4. The van der Waals surface area contributed by atoms with E-state index < -0.39 is 0 Å². The summed E-state index contributed by atoms with van der Waals surface area (Å²) in [6.45, 7) is 0. The lowest BCUT2D eigenvalue weighted by molar-refractivity contribution is 0.628. The molecule has 0 aliphatic rings. The molecule has 2 aromatic heterocycles. The van der Waals surface area contributed by atoms with E-state index in [1.807, 2.05) is 0 Å². The molecule has 3 rings (SSSR count). The number of nitriles is 1. The number of fused-ring (bicyclic) bond motifs is 1. The lowest BCUT2D eigenvalue weighted by Gasteiger charge is -2.04. The van der Waals surface area contributed by atoms with E-state index in [2.05, 4.69) is 21.3 Å². The van der Waals surface area contributed by atoms with E-state index in [0.717, 1.165) is 0 Å². The summed E-state index contributed by atoms with van der Waals surface area (Å²) in [6.07, 6.45) is 0. The molecular weight excluding hydrogens is 297 g/mol. The minimum atomic E-state index is -0.359. The van der Waals surface area contributed by atoms with Crippen LogP contribution < -0.4 is 0 Å². The number of halogens is 1. The van der Waals surface area contributed by atoms with Gasteiger partial charge < -0.3 is 0 Å². The molecule has 2 heterocycles. The van der Waals surface area contributed by atoms with Gasteiger partial charge in [-0.25, -0.2) is 13.8 Å². The van der Waals surface area contributed by atoms with Crippen LogP contribution in [0, 0.1) is 26.7 Å². The lowest BCUT2D eigenvalue weighted by Crippen LogP contribution is -1.99. The van der Waals surface area contributed by atoms with Gasteiger partial charge in [0.15, 0.2) is 10.4 Å². The van der Waals surface area contributed by atoms with Crippen molar-refractivity contribution in [3.8, 4) is 17.3 Å². The smallest absolute Gasteiger partial charge is 0.208 e. The fourth-order valence-corrected chi connectivity index (χ4v) is 2.48. The summed E-state index contributed by atoms with van der Waals surface area (Å²) >= 11 is 10.2. The molecule has 1 aromatic carbocycles. The fraction of sp³-hybridized carbons (Fsp3) is 0. The molecule has 0 unspecified atom stereocenters. The van der Waals surface area contributed by atoms with E-state index in [1.54, 1.807) is 12.1 Å². The average Bonchev–Trinajstić information content (AvgIpc) is 2.82. The number of H-pyrrole nitrogens is 2. The molecule has 8 heteroatoms. The largest absolute Gasteiger partial charge is 0.282 e. The van der Waals surface area contributed by atoms with Crippen molar-refractivity contribution in [2.75, 3.05) is 0 Å². The van der Waals surface area contributed by atoms with Crippen molar-refractivity contribution in [1.29, 1.82) is 5.26 Å². The number of benzene rings is 1. The van der Waals surface area contributed by atoms with Gasteiger partial charge in [-0.1, -0.05) is 0 Å². The van der Waals surface area contributed by atoms with Crippen molar-refractivity contribution in [2.45, 2.75) is 0 Å². The highest BCUT2D eigenvalue weighted by atomic mass is 32.1. The summed E-state index contributed by atoms with van der Waals surface area (Å²) in [5.74, 6) is -0.359. The molecule has 0 saturated carbocycles. The van der Waals surface area contributed by atoms with Crippen LogP contribution in [0.5, 0.6) is 0 Å². The van der Waals surface area contributed by atoms with Gasteiger partial charge in [-0.3, -0.25) is 10.2 Å². The van der Waals surface area contributed by atoms with Crippen molar-refractivity contribution in [3.05, 3.63) is 45.2 Å². The van der Waals surface area contributed by atoms with E-state index >= 15 is 0 Å². The number of rotatable bonds is 1. The quantitative estimate of drug-likeness (QED) is 0.677. The summed E-state index contributed by atoms with van der Waals surface area (Å²) in [5.41, 5.74) is 1.73. The highest BCUT2D eigenvalue weighted by Gasteiger charge is 2.14. The Hall–Kier alpha value is -2.37. The molecule has 0 spiro atoms. The van der Waals surface area contributed by atoms with Crippen molar-refractivity contribution >= 4 is 30.1 Å². The summed E-state index contributed by atoms with van der Waals surface area (Å²) in [5, 5.41) is 14.9. The van der Waals surface area contributed by atoms with Crippen LogP contribution >= 0.6 is 24.4 Å². The molecule has 98 valence electrons. The first-order valence-corrected chi connectivity index (χ1v) is 6.33. The van der Waals surface area contributed by atoms with Crippen molar-refractivity contribution < 1.29 is 4.39 Å². The molecule has 0 atom stereocenters. The standard InChI is InChI=1S/C12H6FN5S2/c13-7-3-1-6(2-4-7)9-8(5-14)10-16-17-12(20)18(10)11(19)15-9/h1-4,16H,(H,17,20). The van der Waals surface area contributed by atoms with Gasteiger partial charge in [0.05, 0.1) is 5.69 Å². The van der Waals surface area contributed by atoms with Crippen LogP contribution in [-0.4, -0.2) is 19.6 Å². The van der Waals surface area contributed by atoms with Crippen molar-refractivity contribution in [2.24, 2.45) is 0 Å². The van der Waals surface area contributed by atoms with Crippen LogP contribution in [-0.2, 0) is 0 Å².